The van der Waals surface area contributed by atoms with Gasteiger partial charge in [-0.2, -0.15) is 0 Å². The molecule has 3 rings (SSSR count). The Labute approximate surface area is 196 Å². The first-order chi connectivity index (χ1) is 14.3. The van der Waals surface area contributed by atoms with E-state index in [0.717, 1.165) is 56.8 Å². The van der Waals surface area contributed by atoms with E-state index < -0.39 is 0 Å². The first-order valence-electron chi connectivity index (χ1n) is 10.9. The second kappa shape index (κ2) is 13.1. The van der Waals surface area contributed by atoms with Gasteiger partial charge in [0.15, 0.2) is 17.4 Å². The highest BCUT2D eigenvalue weighted by atomic mass is 127. The number of hydrogen-bond acceptors (Lipinski definition) is 5. The molecule has 0 spiro atoms. The van der Waals surface area contributed by atoms with E-state index >= 15 is 0 Å². The molecule has 9 heteroatoms. The van der Waals surface area contributed by atoms with Crippen molar-refractivity contribution in [2.45, 2.75) is 46.2 Å². The van der Waals surface area contributed by atoms with Gasteiger partial charge in [0.25, 0.3) is 0 Å². The standard InChI is InChI=1S/C21H35N7O.HI/c1-4-17(5-2)18(27-11-13-29-14-12-27)15-23-21(22-6-3)24-16-20-26-25-19-9-7-8-10-28(19)20;/h7-10,17-18H,4-6,11-16H2,1-3H3,(H2,22,23,24);1H. The normalized spacial score (nSPS) is 16.5. The Morgan fingerprint density at radius 2 is 1.90 bits per heavy atom. The average molecular weight is 529 g/mol. The summed E-state index contributed by atoms with van der Waals surface area (Å²) in [6, 6.07) is 6.38. The highest BCUT2D eigenvalue weighted by Gasteiger charge is 2.27. The number of halogens is 1. The minimum absolute atomic E-state index is 0. The Bertz CT molecular complexity index is 772. The molecule has 2 N–H and O–H groups in total. The molecule has 1 atom stereocenters. The van der Waals surface area contributed by atoms with Crippen LogP contribution in [0.2, 0.25) is 0 Å². The lowest BCUT2D eigenvalue weighted by molar-refractivity contribution is 0.00272. The fourth-order valence-corrected chi connectivity index (χ4v) is 4.03. The van der Waals surface area contributed by atoms with Crippen LogP contribution in [-0.4, -0.2) is 70.9 Å². The molecule has 1 aliphatic rings. The Kier molecular flexibility index (Phi) is 10.8. The van der Waals surface area contributed by atoms with Gasteiger partial charge in [0, 0.05) is 38.4 Å². The van der Waals surface area contributed by atoms with Crippen LogP contribution < -0.4 is 10.6 Å². The van der Waals surface area contributed by atoms with Crippen molar-refractivity contribution in [1.29, 1.82) is 0 Å². The maximum atomic E-state index is 5.56. The molecule has 0 radical (unpaired) electrons. The molecule has 2 aromatic rings. The molecule has 1 fully saturated rings. The molecule has 1 unspecified atom stereocenters. The predicted molar refractivity (Wildman–Crippen MR) is 131 cm³/mol. The van der Waals surface area contributed by atoms with Crippen molar-refractivity contribution in [3.63, 3.8) is 0 Å². The number of guanidine groups is 1. The van der Waals surface area contributed by atoms with E-state index in [1.165, 1.54) is 12.8 Å². The molecule has 168 valence electrons. The Balaban J connectivity index is 0.00000320. The molecule has 0 saturated carbocycles. The minimum atomic E-state index is 0. The lowest BCUT2D eigenvalue weighted by atomic mass is 9.92. The Morgan fingerprint density at radius 3 is 2.60 bits per heavy atom. The molecule has 1 saturated heterocycles. The topological polar surface area (TPSA) is 79.1 Å². The number of nitrogens with one attached hydrogen (secondary N) is 2. The molecular weight excluding hydrogens is 493 g/mol. The molecule has 8 nitrogen and oxygen atoms in total. The monoisotopic (exact) mass is 529 g/mol. The van der Waals surface area contributed by atoms with E-state index in [9.17, 15) is 0 Å². The first-order valence-corrected chi connectivity index (χ1v) is 10.9. The van der Waals surface area contributed by atoms with Crippen molar-refractivity contribution in [3.05, 3.63) is 30.2 Å². The zero-order valence-electron chi connectivity index (χ0n) is 18.4. The number of morpholine rings is 1. The van der Waals surface area contributed by atoms with E-state index in [4.69, 9.17) is 9.73 Å². The van der Waals surface area contributed by atoms with Gasteiger partial charge in [-0.1, -0.05) is 32.8 Å². The summed E-state index contributed by atoms with van der Waals surface area (Å²) in [5.41, 5.74) is 0.844. The summed E-state index contributed by atoms with van der Waals surface area (Å²) < 4.78 is 7.54. The second-order valence-corrected chi connectivity index (χ2v) is 7.41. The van der Waals surface area contributed by atoms with Gasteiger partial charge in [-0.3, -0.25) is 9.30 Å². The quantitative estimate of drug-likeness (QED) is 0.296. The highest BCUT2D eigenvalue weighted by Crippen LogP contribution is 2.19. The number of fused-ring (bicyclic) bond motifs is 1. The number of hydrogen-bond donors (Lipinski definition) is 2. The Morgan fingerprint density at radius 1 is 1.13 bits per heavy atom. The zero-order valence-corrected chi connectivity index (χ0v) is 20.7. The van der Waals surface area contributed by atoms with Gasteiger partial charge in [0.05, 0.1) is 13.2 Å². The van der Waals surface area contributed by atoms with E-state index in [2.05, 4.69) is 46.5 Å². The van der Waals surface area contributed by atoms with Crippen LogP contribution in [0.5, 0.6) is 0 Å². The molecule has 2 aromatic heterocycles. The number of aliphatic imine (C=N–C) groups is 1. The number of ether oxygens (including phenoxy) is 1. The van der Waals surface area contributed by atoms with Gasteiger partial charge >= 0.3 is 0 Å². The van der Waals surface area contributed by atoms with Crippen molar-refractivity contribution in [2.24, 2.45) is 10.9 Å². The van der Waals surface area contributed by atoms with Gasteiger partial charge < -0.3 is 15.4 Å². The number of rotatable bonds is 9. The molecule has 0 amide bonds. The van der Waals surface area contributed by atoms with Crippen LogP contribution in [-0.2, 0) is 11.3 Å². The molecule has 0 bridgehead atoms. The zero-order chi connectivity index (χ0) is 20.5. The van der Waals surface area contributed by atoms with Crippen molar-refractivity contribution < 1.29 is 4.74 Å². The molecule has 0 aromatic carbocycles. The van der Waals surface area contributed by atoms with Gasteiger partial charge in [-0.05, 0) is 25.0 Å². The average Bonchev–Trinajstić information content (AvgIpc) is 3.18. The second-order valence-electron chi connectivity index (χ2n) is 7.41. The highest BCUT2D eigenvalue weighted by molar-refractivity contribution is 14.0. The molecule has 1 aliphatic heterocycles. The van der Waals surface area contributed by atoms with Crippen LogP contribution in [0, 0.1) is 5.92 Å². The lowest BCUT2D eigenvalue weighted by Crippen LogP contribution is -2.53. The molecular formula is C21H36IN7O. The van der Waals surface area contributed by atoms with Crippen molar-refractivity contribution in [3.8, 4) is 0 Å². The third-order valence-electron chi connectivity index (χ3n) is 5.69. The fraction of sp³-hybridized carbons (Fsp3) is 0.667. The van der Waals surface area contributed by atoms with Crippen molar-refractivity contribution in [1.82, 2.24) is 30.1 Å². The number of aromatic nitrogens is 3. The van der Waals surface area contributed by atoms with Crippen LogP contribution in [0.15, 0.2) is 29.4 Å². The summed E-state index contributed by atoms with van der Waals surface area (Å²) in [7, 11) is 0. The fourth-order valence-electron chi connectivity index (χ4n) is 4.03. The Hall–Kier alpha value is -1.46. The number of nitrogens with zero attached hydrogens (tertiary/aromatic N) is 5. The van der Waals surface area contributed by atoms with Crippen LogP contribution in [0.4, 0.5) is 0 Å². The van der Waals surface area contributed by atoms with Crippen molar-refractivity contribution in [2.75, 3.05) is 39.4 Å². The third-order valence-corrected chi connectivity index (χ3v) is 5.69. The van der Waals surface area contributed by atoms with Gasteiger partial charge in [0.1, 0.15) is 6.54 Å². The smallest absolute Gasteiger partial charge is 0.191 e. The SMILES string of the molecule is CCNC(=NCc1nnc2ccccn12)NCC(C(CC)CC)N1CCOCC1.I. The van der Waals surface area contributed by atoms with Crippen LogP contribution in [0.3, 0.4) is 0 Å². The summed E-state index contributed by atoms with van der Waals surface area (Å²) >= 11 is 0. The van der Waals surface area contributed by atoms with Gasteiger partial charge in [0.2, 0.25) is 0 Å². The van der Waals surface area contributed by atoms with E-state index in [1.807, 2.05) is 28.8 Å². The number of pyridine rings is 1. The van der Waals surface area contributed by atoms with Crippen LogP contribution in [0.1, 0.15) is 39.4 Å². The molecule has 0 aliphatic carbocycles. The lowest BCUT2D eigenvalue weighted by Gasteiger charge is -2.39. The van der Waals surface area contributed by atoms with Crippen LogP contribution >= 0.6 is 24.0 Å². The van der Waals surface area contributed by atoms with Crippen LogP contribution in [0.25, 0.3) is 5.65 Å². The van der Waals surface area contributed by atoms with E-state index in [1.54, 1.807) is 0 Å². The summed E-state index contributed by atoms with van der Waals surface area (Å²) in [6.45, 7) is 12.5. The van der Waals surface area contributed by atoms with Gasteiger partial charge in [-0.25, -0.2) is 4.99 Å². The minimum Gasteiger partial charge on any atom is -0.379 e. The van der Waals surface area contributed by atoms with E-state index in [-0.39, 0.29) is 24.0 Å². The predicted octanol–water partition coefficient (Wildman–Crippen LogP) is 2.54. The maximum Gasteiger partial charge on any atom is 0.191 e. The van der Waals surface area contributed by atoms with Crippen molar-refractivity contribution >= 4 is 35.6 Å². The summed E-state index contributed by atoms with van der Waals surface area (Å²) in [5, 5.41) is 15.4. The molecule has 3 heterocycles. The summed E-state index contributed by atoms with van der Waals surface area (Å²) in [5.74, 6) is 2.32. The molecule has 30 heavy (non-hydrogen) atoms. The van der Waals surface area contributed by atoms with Gasteiger partial charge in [-0.15, -0.1) is 34.2 Å². The summed E-state index contributed by atoms with van der Waals surface area (Å²) in [4.78, 5) is 7.34. The van der Waals surface area contributed by atoms with E-state index in [0.29, 0.717) is 18.5 Å². The maximum absolute atomic E-state index is 5.56. The first kappa shape index (κ1) is 24.8. The third kappa shape index (κ3) is 6.52. The largest absolute Gasteiger partial charge is 0.379 e. The summed E-state index contributed by atoms with van der Waals surface area (Å²) in [6.07, 6.45) is 4.33.